The van der Waals surface area contributed by atoms with Crippen molar-refractivity contribution in [3.63, 3.8) is 0 Å². The first-order valence-electron chi connectivity index (χ1n) is 3.63. The standard InChI is InChI=1S/C10H14O/c1-4-5-6-7-9(2)8-10(3)11/h4-7H,2,8H2,1,3H3/b5-4-,7-6-. The van der Waals surface area contributed by atoms with Crippen molar-refractivity contribution in [1.29, 1.82) is 0 Å². The molecule has 0 aliphatic rings. The molecule has 0 atom stereocenters. The SMILES string of the molecule is C=C(/C=C\C=C/C)CC(C)=O. The number of allylic oxidation sites excluding steroid dienone is 5. The summed E-state index contributed by atoms with van der Waals surface area (Å²) in [5.74, 6) is 0.153. The molecule has 0 aliphatic heterocycles. The van der Waals surface area contributed by atoms with Crippen LogP contribution in [0.2, 0.25) is 0 Å². The van der Waals surface area contributed by atoms with Gasteiger partial charge in [0.15, 0.2) is 0 Å². The minimum Gasteiger partial charge on any atom is -0.300 e. The molecule has 0 unspecified atom stereocenters. The largest absolute Gasteiger partial charge is 0.300 e. The molecule has 60 valence electrons. The van der Waals surface area contributed by atoms with Crippen LogP contribution in [0.5, 0.6) is 0 Å². The van der Waals surface area contributed by atoms with Crippen LogP contribution in [0.4, 0.5) is 0 Å². The van der Waals surface area contributed by atoms with E-state index in [2.05, 4.69) is 6.58 Å². The van der Waals surface area contributed by atoms with E-state index in [-0.39, 0.29) is 5.78 Å². The smallest absolute Gasteiger partial charge is 0.134 e. The van der Waals surface area contributed by atoms with E-state index in [0.29, 0.717) is 6.42 Å². The predicted molar refractivity (Wildman–Crippen MR) is 48.4 cm³/mol. The number of carbonyl (C=O) groups excluding carboxylic acids is 1. The van der Waals surface area contributed by atoms with Gasteiger partial charge in [0.1, 0.15) is 5.78 Å². The minimum absolute atomic E-state index is 0.153. The lowest BCUT2D eigenvalue weighted by atomic mass is 10.1. The Balaban J connectivity index is 3.78. The molecule has 0 radical (unpaired) electrons. The first-order valence-corrected chi connectivity index (χ1v) is 3.63. The van der Waals surface area contributed by atoms with E-state index in [4.69, 9.17) is 0 Å². The highest BCUT2D eigenvalue weighted by Crippen LogP contribution is 2.00. The van der Waals surface area contributed by atoms with Crippen molar-refractivity contribution >= 4 is 5.78 Å². The Labute approximate surface area is 68.1 Å². The second-order valence-corrected chi connectivity index (χ2v) is 2.42. The quantitative estimate of drug-likeness (QED) is 0.563. The first kappa shape index (κ1) is 9.89. The summed E-state index contributed by atoms with van der Waals surface area (Å²) >= 11 is 0. The fourth-order valence-corrected chi connectivity index (χ4v) is 0.681. The number of Topliss-reactive ketones (excluding diaryl/α,β-unsaturated/α-hetero) is 1. The molecule has 0 saturated heterocycles. The second kappa shape index (κ2) is 5.66. The average Bonchev–Trinajstić information content (AvgIpc) is 1.86. The van der Waals surface area contributed by atoms with Gasteiger partial charge in [0.2, 0.25) is 0 Å². The zero-order valence-electron chi connectivity index (χ0n) is 7.13. The van der Waals surface area contributed by atoms with E-state index in [1.165, 1.54) is 0 Å². The van der Waals surface area contributed by atoms with Gasteiger partial charge in [-0.15, -0.1) is 0 Å². The number of rotatable bonds is 4. The summed E-state index contributed by atoms with van der Waals surface area (Å²) in [6.07, 6.45) is 8.02. The fraction of sp³-hybridized carbons (Fsp3) is 0.300. The third-order valence-corrected chi connectivity index (χ3v) is 1.11. The maximum Gasteiger partial charge on any atom is 0.134 e. The van der Waals surface area contributed by atoms with E-state index in [0.717, 1.165) is 5.57 Å². The van der Waals surface area contributed by atoms with Gasteiger partial charge in [-0.3, -0.25) is 4.79 Å². The van der Waals surface area contributed by atoms with Gasteiger partial charge < -0.3 is 0 Å². The van der Waals surface area contributed by atoms with Crippen LogP contribution in [-0.2, 0) is 4.79 Å². The number of ketones is 1. The van der Waals surface area contributed by atoms with Crippen LogP contribution in [-0.4, -0.2) is 5.78 Å². The van der Waals surface area contributed by atoms with Crippen molar-refractivity contribution in [2.75, 3.05) is 0 Å². The Hall–Kier alpha value is -1.11. The van der Waals surface area contributed by atoms with Gasteiger partial charge in [0.05, 0.1) is 0 Å². The first-order chi connectivity index (χ1) is 5.16. The lowest BCUT2D eigenvalue weighted by molar-refractivity contribution is -0.116. The summed E-state index contributed by atoms with van der Waals surface area (Å²) in [6, 6.07) is 0. The molecule has 11 heavy (non-hydrogen) atoms. The fourth-order valence-electron chi connectivity index (χ4n) is 0.681. The number of hydrogen-bond donors (Lipinski definition) is 0. The molecule has 0 aromatic rings. The third kappa shape index (κ3) is 6.78. The predicted octanol–water partition coefficient (Wildman–Crippen LogP) is 2.65. The number of hydrogen-bond acceptors (Lipinski definition) is 1. The molecule has 0 aromatic heterocycles. The molecule has 0 saturated carbocycles. The van der Waals surface area contributed by atoms with Crippen LogP contribution in [0.15, 0.2) is 36.5 Å². The summed E-state index contributed by atoms with van der Waals surface area (Å²) < 4.78 is 0. The Kier molecular flexibility index (Phi) is 5.09. The van der Waals surface area contributed by atoms with Crippen LogP contribution < -0.4 is 0 Å². The maximum atomic E-state index is 10.6. The van der Waals surface area contributed by atoms with Crippen LogP contribution in [0, 0.1) is 0 Å². The lowest BCUT2D eigenvalue weighted by Gasteiger charge is -1.91. The van der Waals surface area contributed by atoms with Crippen LogP contribution in [0.25, 0.3) is 0 Å². The summed E-state index contributed by atoms with van der Waals surface area (Å²) in [6.45, 7) is 7.23. The molecule has 0 aliphatic carbocycles. The van der Waals surface area contributed by atoms with Crippen LogP contribution in [0.3, 0.4) is 0 Å². The van der Waals surface area contributed by atoms with Crippen molar-refractivity contribution < 1.29 is 4.79 Å². The zero-order valence-corrected chi connectivity index (χ0v) is 7.13. The van der Waals surface area contributed by atoms with E-state index >= 15 is 0 Å². The Morgan fingerprint density at radius 1 is 1.45 bits per heavy atom. The normalized spacial score (nSPS) is 11.1. The maximum absolute atomic E-state index is 10.6. The van der Waals surface area contributed by atoms with Gasteiger partial charge >= 0.3 is 0 Å². The highest BCUT2D eigenvalue weighted by Gasteiger charge is 1.92. The molecule has 1 heteroatoms. The molecule has 0 bridgehead atoms. The molecular formula is C10H14O. The summed E-state index contributed by atoms with van der Waals surface area (Å²) in [7, 11) is 0. The van der Waals surface area contributed by atoms with Crippen LogP contribution in [0.1, 0.15) is 20.3 Å². The van der Waals surface area contributed by atoms with Crippen LogP contribution >= 0.6 is 0 Å². The summed E-state index contributed by atoms with van der Waals surface area (Å²) in [5.41, 5.74) is 0.857. The van der Waals surface area contributed by atoms with E-state index in [1.807, 2.05) is 31.2 Å². The summed E-state index contributed by atoms with van der Waals surface area (Å²) in [5, 5.41) is 0. The van der Waals surface area contributed by atoms with Gasteiger partial charge in [-0.05, 0) is 19.4 Å². The molecule has 0 fully saturated rings. The minimum atomic E-state index is 0.153. The Morgan fingerprint density at radius 3 is 2.55 bits per heavy atom. The van der Waals surface area contributed by atoms with Gasteiger partial charge in [-0.1, -0.05) is 30.9 Å². The summed E-state index contributed by atoms with van der Waals surface area (Å²) in [4.78, 5) is 10.6. The van der Waals surface area contributed by atoms with Crippen molar-refractivity contribution in [2.24, 2.45) is 0 Å². The molecule has 0 spiro atoms. The molecular weight excluding hydrogens is 136 g/mol. The van der Waals surface area contributed by atoms with Gasteiger partial charge in [0, 0.05) is 6.42 Å². The Morgan fingerprint density at radius 2 is 2.09 bits per heavy atom. The zero-order chi connectivity index (χ0) is 8.69. The highest BCUT2D eigenvalue weighted by atomic mass is 16.1. The molecule has 0 rings (SSSR count). The molecule has 0 amide bonds. The molecule has 0 heterocycles. The van der Waals surface area contributed by atoms with E-state index in [1.54, 1.807) is 6.92 Å². The molecule has 0 N–H and O–H groups in total. The number of carbonyl (C=O) groups is 1. The second-order valence-electron chi connectivity index (χ2n) is 2.42. The Bertz CT molecular complexity index is 197. The topological polar surface area (TPSA) is 17.1 Å². The van der Waals surface area contributed by atoms with Crippen molar-refractivity contribution in [3.05, 3.63) is 36.5 Å². The lowest BCUT2D eigenvalue weighted by Crippen LogP contribution is -1.89. The van der Waals surface area contributed by atoms with Crippen molar-refractivity contribution in [3.8, 4) is 0 Å². The molecule has 1 nitrogen and oxygen atoms in total. The van der Waals surface area contributed by atoms with E-state index in [9.17, 15) is 4.79 Å². The van der Waals surface area contributed by atoms with Crippen molar-refractivity contribution in [1.82, 2.24) is 0 Å². The third-order valence-electron chi connectivity index (χ3n) is 1.11. The van der Waals surface area contributed by atoms with E-state index < -0.39 is 0 Å². The van der Waals surface area contributed by atoms with Crippen molar-refractivity contribution in [2.45, 2.75) is 20.3 Å². The van der Waals surface area contributed by atoms with Gasteiger partial charge in [-0.2, -0.15) is 0 Å². The van der Waals surface area contributed by atoms with Gasteiger partial charge in [0.25, 0.3) is 0 Å². The van der Waals surface area contributed by atoms with Gasteiger partial charge in [-0.25, -0.2) is 0 Å². The molecule has 0 aromatic carbocycles. The average molecular weight is 150 g/mol. The highest BCUT2D eigenvalue weighted by molar-refractivity contribution is 5.78. The monoisotopic (exact) mass is 150 g/mol.